The Kier molecular flexibility index (Phi) is 8.26. The van der Waals surface area contributed by atoms with E-state index in [0.29, 0.717) is 23.7 Å². The number of ether oxygens (including phenoxy) is 3. The summed E-state index contributed by atoms with van der Waals surface area (Å²) >= 11 is 0. The third-order valence-corrected chi connectivity index (χ3v) is 6.40. The number of carboxylic acid groups (broad SMARTS) is 1. The number of carboxylic acids is 1. The lowest BCUT2D eigenvalue weighted by Gasteiger charge is -2.27. The quantitative estimate of drug-likeness (QED) is 0.327. The average Bonchev–Trinajstić information content (AvgIpc) is 2.82. The number of benzene rings is 3. The van der Waals surface area contributed by atoms with Crippen molar-refractivity contribution in [2.75, 3.05) is 6.61 Å². The van der Waals surface area contributed by atoms with Crippen LogP contribution in [0.2, 0.25) is 0 Å². The molecule has 3 rings (SSSR count). The van der Waals surface area contributed by atoms with Gasteiger partial charge >= 0.3 is 5.97 Å². The van der Waals surface area contributed by atoms with E-state index >= 15 is 0 Å². The molecule has 3 aromatic rings. The SMILES string of the molecule is CC(COc1ccc(C(C)(Oc2ccc(C(C)(C)C)cc2)C(=O)O)cc1)Oc1ccc(C(C)(C)C)cc1. The van der Waals surface area contributed by atoms with Crippen LogP contribution in [-0.4, -0.2) is 23.8 Å². The molecule has 0 fully saturated rings. The van der Waals surface area contributed by atoms with Gasteiger partial charge in [0.1, 0.15) is 30.0 Å². The molecule has 1 N–H and O–H groups in total. The van der Waals surface area contributed by atoms with E-state index in [-0.39, 0.29) is 16.9 Å². The predicted molar refractivity (Wildman–Crippen MR) is 148 cm³/mol. The van der Waals surface area contributed by atoms with Crippen molar-refractivity contribution in [2.24, 2.45) is 0 Å². The smallest absolute Gasteiger partial charge is 0.352 e. The highest BCUT2D eigenvalue weighted by molar-refractivity contribution is 5.79. The minimum atomic E-state index is -1.54. The van der Waals surface area contributed by atoms with Gasteiger partial charge in [0.2, 0.25) is 5.60 Å². The van der Waals surface area contributed by atoms with Crippen LogP contribution in [0.3, 0.4) is 0 Å². The number of aliphatic carboxylic acids is 1. The van der Waals surface area contributed by atoms with Crippen LogP contribution in [0.1, 0.15) is 72.1 Å². The van der Waals surface area contributed by atoms with Crippen molar-refractivity contribution in [3.8, 4) is 17.2 Å². The Hall–Kier alpha value is -3.47. The molecule has 0 spiro atoms. The van der Waals surface area contributed by atoms with Crippen molar-refractivity contribution >= 4 is 5.97 Å². The summed E-state index contributed by atoms with van der Waals surface area (Å²) in [6, 6.07) is 22.7. The molecule has 0 aliphatic heterocycles. The van der Waals surface area contributed by atoms with Crippen LogP contribution in [0.5, 0.6) is 17.2 Å². The summed E-state index contributed by atoms with van der Waals surface area (Å²) in [6.45, 7) is 16.8. The standard InChI is InChI=1S/C32H40O5/c1-22(36-27-17-9-23(10-18-27)30(2,3)4)21-35-26-15-13-25(14-16-26)32(8,29(33)34)37-28-19-11-24(12-20-28)31(5,6)7/h9-20,22H,21H2,1-8H3,(H,33,34). The van der Waals surface area contributed by atoms with Gasteiger partial charge in [0.25, 0.3) is 0 Å². The lowest BCUT2D eigenvalue weighted by atomic mass is 9.87. The minimum absolute atomic E-state index is 0.00385. The Morgan fingerprint density at radius 1 is 0.676 bits per heavy atom. The fourth-order valence-corrected chi connectivity index (χ4v) is 3.87. The lowest BCUT2D eigenvalue weighted by Crippen LogP contribution is -2.38. The number of carbonyl (C=O) groups is 1. The summed E-state index contributed by atoms with van der Waals surface area (Å²) in [5.74, 6) is 0.856. The lowest BCUT2D eigenvalue weighted by molar-refractivity contribution is -0.154. The van der Waals surface area contributed by atoms with E-state index in [1.807, 2.05) is 43.3 Å². The van der Waals surface area contributed by atoms with Crippen LogP contribution in [-0.2, 0) is 21.2 Å². The van der Waals surface area contributed by atoms with Gasteiger partial charge in [0.15, 0.2) is 0 Å². The molecule has 0 aliphatic rings. The second kappa shape index (κ2) is 10.9. The molecular weight excluding hydrogens is 464 g/mol. The Labute approximate surface area is 221 Å². The Balaban J connectivity index is 1.62. The zero-order chi connectivity index (χ0) is 27.4. The summed E-state index contributed by atoms with van der Waals surface area (Å²) < 4.78 is 17.9. The maximum absolute atomic E-state index is 12.2. The molecule has 5 heteroatoms. The zero-order valence-electron chi connectivity index (χ0n) is 23.3. The predicted octanol–water partition coefficient (Wildman–Crippen LogP) is 7.51. The highest BCUT2D eigenvalue weighted by Gasteiger charge is 2.38. The summed E-state index contributed by atoms with van der Waals surface area (Å²) in [4.78, 5) is 12.2. The van der Waals surface area contributed by atoms with Gasteiger partial charge in [-0.2, -0.15) is 0 Å². The number of rotatable bonds is 9. The first-order valence-corrected chi connectivity index (χ1v) is 12.7. The molecule has 0 saturated heterocycles. The maximum atomic E-state index is 12.2. The van der Waals surface area contributed by atoms with Gasteiger partial charge in [-0.15, -0.1) is 0 Å². The molecule has 37 heavy (non-hydrogen) atoms. The van der Waals surface area contributed by atoms with Gasteiger partial charge in [-0.25, -0.2) is 4.79 Å². The first kappa shape index (κ1) is 28.1. The first-order chi connectivity index (χ1) is 17.2. The monoisotopic (exact) mass is 504 g/mol. The van der Waals surface area contributed by atoms with Crippen molar-refractivity contribution in [3.63, 3.8) is 0 Å². The molecular formula is C32H40O5. The van der Waals surface area contributed by atoms with Crippen LogP contribution < -0.4 is 14.2 Å². The molecule has 0 amide bonds. The van der Waals surface area contributed by atoms with E-state index in [2.05, 4.69) is 53.7 Å². The fourth-order valence-electron chi connectivity index (χ4n) is 3.87. The Morgan fingerprint density at radius 2 is 1.08 bits per heavy atom. The minimum Gasteiger partial charge on any atom is -0.490 e. The van der Waals surface area contributed by atoms with Crippen molar-refractivity contribution in [2.45, 2.75) is 77.9 Å². The molecule has 198 valence electrons. The number of hydrogen-bond donors (Lipinski definition) is 1. The molecule has 2 atom stereocenters. The largest absolute Gasteiger partial charge is 0.490 e. The molecule has 5 nitrogen and oxygen atoms in total. The zero-order valence-corrected chi connectivity index (χ0v) is 23.3. The fraction of sp³-hybridized carbons (Fsp3) is 0.406. The van der Waals surface area contributed by atoms with E-state index in [1.165, 1.54) is 5.56 Å². The third kappa shape index (κ3) is 7.28. The van der Waals surface area contributed by atoms with Gasteiger partial charge in [0, 0.05) is 5.56 Å². The Bertz CT molecular complexity index is 1170. The van der Waals surface area contributed by atoms with Crippen LogP contribution in [0.15, 0.2) is 72.8 Å². The molecule has 0 bridgehead atoms. The van der Waals surface area contributed by atoms with Crippen LogP contribution in [0, 0.1) is 0 Å². The molecule has 0 heterocycles. The normalized spacial score (nSPS) is 14.4. The van der Waals surface area contributed by atoms with E-state index < -0.39 is 11.6 Å². The molecule has 0 radical (unpaired) electrons. The molecule has 0 aromatic heterocycles. The van der Waals surface area contributed by atoms with Crippen molar-refractivity contribution < 1.29 is 24.1 Å². The van der Waals surface area contributed by atoms with Crippen molar-refractivity contribution in [3.05, 3.63) is 89.5 Å². The van der Waals surface area contributed by atoms with Gasteiger partial charge in [-0.05, 0) is 72.2 Å². The van der Waals surface area contributed by atoms with Gasteiger partial charge in [-0.3, -0.25) is 0 Å². The van der Waals surface area contributed by atoms with E-state index in [0.717, 1.165) is 11.3 Å². The van der Waals surface area contributed by atoms with Crippen LogP contribution in [0.4, 0.5) is 0 Å². The first-order valence-electron chi connectivity index (χ1n) is 12.7. The molecule has 3 aromatic carbocycles. The molecule has 2 unspecified atom stereocenters. The number of hydrogen-bond acceptors (Lipinski definition) is 4. The van der Waals surface area contributed by atoms with Gasteiger partial charge in [0.05, 0.1) is 0 Å². The summed E-state index contributed by atoms with van der Waals surface area (Å²) in [5.41, 5.74) is 1.48. The topological polar surface area (TPSA) is 65.0 Å². The Morgan fingerprint density at radius 3 is 1.51 bits per heavy atom. The molecule has 0 saturated carbocycles. The van der Waals surface area contributed by atoms with Crippen molar-refractivity contribution in [1.82, 2.24) is 0 Å². The van der Waals surface area contributed by atoms with E-state index in [4.69, 9.17) is 14.2 Å². The summed E-state index contributed by atoms with van der Waals surface area (Å²) in [5, 5.41) is 10.0. The highest BCUT2D eigenvalue weighted by atomic mass is 16.5. The van der Waals surface area contributed by atoms with Gasteiger partial charge < -0.3 is 19.3 Å². The average molecular weight is 505 g/mol. The maximum Gasteiger partial charge on any atom is 0.352 e. The summed E-state index contributed by atoms with van der Waals surface area (Å²) in [6.07, 6.45) is -0.163. The van der Waals surface area contributed by atoms with Crippen LogP contribution in [0.25, 0.3) is 0 Å². The summed E-state index contributed by atoms with van der Waals surface area (Å²) in [7, 11) is 0. The molecule has 0 aliphatic carbocycles. The van der Waals surface area contributed by atoms with Crippen molar-refractivity contribution in [1.29, 1.82) is 0 Å². The third-order valence-electron chi connectivity index (χ3n) is 6.40. The second-order valence-electron chi connectivity index (χ2n) is 11.8. The van der Waals surface area contributed by atoms with Crippen LogP contribution >= 0.6 is 0 Å². The van der Waals surface area contributed by atoms with E-state index in [1.54, 1.807) is 31.2 Å². The van der Waals surface area contributed by atoms with Gasteiger partial charge in [-0.1, -0.05) is 77.9 Å². The highest BCUT2D eigenvalue weighted by Crippen LogP contribution is 2.32. The van der Waals surface area contributed by atoms with E-state index in [9.17, 15) is 9.90 Å². The second-order valence-corrected chi connectivity index (χ2v) is 11.8.